The molecule has 3 heterocycles. The lowest BCUT2D eigenvalue weighted by Crippen LogP contribution is -2.35. The quantitative estimate of drug-likeness (QED) is 0.793. The summed E-state index contributed by atoms with van der Waals surface area (Å²) in [6.07, 6.45) is 2.61. The summed E-state index contributed by atoms with van der Waals surface area (Å²) in [4.78, 5) is 1.22. The van der Waals surface area contributed by atoms with Gasteiger partial charge in [0, 0.05) is 35.1 Å². The highest BCUT2D eigenvalue weighted by Gasteiger charge is 2.40. The molecular formula is C20H22F3N3OS. The third-order valence-corrected chi connectivity index (χ3v) is 6.27. The molecule has 28 heavy (non-hydrogen) atoms. The number of fused-ring (bicyclic) bond motifs is 1. The summed E-state index contributed by atoms with van der Waals surface area (Å²) in [5.41, 5.74) is -0.582. The molecule has 4 rings (SSSR count). The van der Waals surface area contributed by atoms with E-state index < -0.39 is 17.5 Å². The van der Waals surface area contributed by atoms with Gasteiger partial charge in [-0.15, -0.1) is 0 Å². The largest absolute Gasteiger partial charge is 0.431 e. The number of allylic oxidation sites excluding steroid dienone is 3. The summed E-state index contributed by atoms with van der Waals surface area (Å²) in [7, 11) is 0. The molecule has 2 aliphatic heterocycles. The van der Waals surface area contributed by atoms with E-state index in [0.717, 1.165) is 29.4 Å². The molecular weight excluding hydrogens is 387 g/mol. The highest BCUT2D eigenvalue weighted by Crippen LogP contribution is 2.40. The average Bonchev–Trinajstić information content (AvgIpc) is 3.28. The number of aromatic nitrogens is 2. The zero-order chi connectivity index (χ0) is 20.1. The van der Waals surface area contributed by atoms with Crippen molar-refractivity contribution in [3.8, 4) is 0 Å². The van der Waals surface area contributed by atoms with Gasteiger partial charge >= 0.3 is 6.18 Å². The van der Waals surface area contributed by atoms with Crippen molar-refractivity contribution in [2.75, 3.05) is 23.0 Å². The fourth-order valence-electron chi connectivity index (χ4n) is 3.70. The van der Waals surface area contributed by atoms with E-state index in [1.165, 1.54) is 11.0 Å². The minimum absolute atomic E-state index is 0.0906. The van der Waals surface area contributed by atoms with Gasteiger partial charge in [-0.1, -0.05) is 12.2 Å². The van der Waals surface area contributed by atoms with Crippen LogP contribution in [0.3, 0.4) is 0 Å². The smallest absolute Gasteiger partial charge is 0.386 e. The number of hydrogen-bond donors (Lipinski definition) is 1. The Labute approximate surface area is 165 Å². The molecule has 8 heteroatoms. The molecule has 1 fully saturated rings. The number of anilines is 1. The van der Waals surface area contributed by atoms with Gasteiger partial charge in [-0.2, -0.15) is 30.0 Å². The Morgan fingerprint density at radius 1 is 1.25 bits per heavy atom. The van der Waals surface area contributed by atoms with Crippen molar-refractivity contribution in [1.82, 2.24) is 9.78 Å². The van der Waals surface area contributed by atoms with E-state index in [1.54, 1.807) is 32.1 Å². The Hall–Kier alpha value is -1.93. The minimum Gasteiger partial charge on any atom is -0.386 e. The normalized spacial score (nSPS) is 20.9. The predicted molar refractivity (Wildman–Crippen MR) is 107 cm³/mol. The lowest BCUT2D eigenvalue weighted by Gasteiger charge is -2.33. The van der Waals surface area contributed by atoms with E-state index in [2.05, 4.69) is 5.10 Å². The maximum absolute atomic E-state index is 13.6. The van der Waals surface area contributed by atoms with Crippen LogP contribution in [0, 0.1) is 0 Å². The number of halogens is 3. The number of alkyl halides is 3. The first-order chi connectivity index (χ1) is 13.1. The third-order valence-electron chi connectivity index (χ3n) is 5.13. The van der Waals surface area contributed by atoms with Gasteiger partial charge in [-0.05, 0) is 44.2 Å². The first-order valence-corrected chi connectivity index (χ1v) is 10.3. The Morgan fingerprint density at radius 2 is 2.04 bits per heavy atom. The molecule has 0 saturated carbocycles. The topological polar surface area (TPSA) is 41.3 Å². The molecule has 0 spiro atoms. The molecule has 0 radical (unpaired) electrons. The van der Waals surface area contributed by atoms with Gasteiger partial charge in [-0.25, -0.2) is 0 Å². The van der Waals surface area contributed by atoms with Gasteiger partial charge in [0.15, 0.2) is 0 Å². The van der Waals surface area contributed by atoms with Gasteiger partial charge in [0.25, 0.3) is 0 Å². The molecule has 1 saturated heterocycles. The van der Waals surface area contributed by atoms with Crippen LogP contribution in [0.5, 0.6) is 0 Å². The zero-order valence-electron chi connectivity index (χ0n) is 15.7. The van der Waals surface area contributed by atoms with Crippen molar-refractivity contribution < 1.29 is 18.3 Å². The number of aliphatic hydroxyl groups is 1. The molecule has 2 aromatic rings. The number of nitrogens with zero attached hydrogens (tertiary/aromatic N) is 3. The van der Waals surface area contributed by atoms with E-state index in [0.29, 0.717) is 22.8 Å². The van der Waals surface area contributed by atoms with E-state index in [1.807, 2.05) is 22.6 Å². The standard InChI is InChI=1S/C20H22F3N3OS/c1-19(2,27)15-10-16-13(11-26(24-16)14-6-8-28-12-14)9-17(15)25-7-4-3-5-18(25)20(21,22)23/h3-5,9-11,14,27H,6-8,12H2,1-2H3/t14-/m0/s1. The summed E-state index contributed by atoms with van der Waals surface area (Å²) >= 11 is 1.87. The van der Waals surface area contributed by atoms with Crippen LogP contribution in [0.1, 0.15) is 31.9 Å². The van der Waals surface area contributed by atoms with E-state index in [9.17, 15) is 18.3 Å². The van der Waals surface area contributed by atoms with Gasteiger partial charge in [0.05, 0.1) is 17.2 Å². The Kier molecular flexibility index (Phi) is 4.74. The Bertz CT molecular complexity index is 950. The summed E-state index contributed by atoms with van der Waals surface area (Å²) < 4.78 is 42.7. The number of thioether (sulfide) groups is 1. The van der Waals surface area contributed by atoms with Crippen LogP contribution in [-0.2, 0) is 5.60 Å². The van der Waals surface area contributed by atoms with Crippen molar-refractivity contribution >= 4 is 28.4 Å². The van der Waals surface area contributed by atoms with Crippen molar-refractivity contribution in [1.29, 1.82) is 0 Å². The molecule has 0 bridgehead atoms. The lowest BCUT2D eigenvalue weighted by atomic mass is 9.94. The zero-order valence-corrected chi connectivity index (χ0v) is 16.5. The third kappa shape index (κ3) is 3.55. The second-order valence-electron chi connectivity index (χ2n) is 7.70. The number of hydrogen-bond acceptors (Lipinski definition) is 4. The van der Waals surface area contributed by atoms with Crippen LogP contribution in [0.4, 0.5) is 18.9 Å². The highest BCUT2D eigenvalue weighted by atomic mass is 32.2. The number of benzene rings is 1. The molecule has 1 aromatic heterocycles. The summed E-state index contributed by atoms with van der Waals surface area (Å²) in [6, 6.07) is 3.73. The molecule has 0 aliphatic carbocycles. The first-order valence-electron chi connectivity index (χ1n) is 9.19. The molecule has 0 unspecified atom stereocenters. The van der Waals surface area contributed by atoms with Crippen molar-refractivity contribution in [3.05, 3.63) is 47.8 Å². The van der Waals surface area contributed by atoms with Crippen molar-refractivity contribution in [2.45, 2.75) is 38.1 Å². The highest BCUT2D eigenvalue weighted by molar-refractivity contribution is 7.99. The van der Waals surface area contributed by atoms with E-state index in [4.69, 9.17) is 0 Å². The van der Waals surface area contributed by atoms with Crippen LogP contribution < -0.4 is 4.90 Å². The van der Waals surface area contributed by atoms with Gasteiger partial charge < -0.3 is 10.0 Å². The van der Waals surface area contributed by atoms with Crippen LogP contribution in [0.15, 0.2) is 42.3 Å². The minimum atomic E-state index is -4.48. The molecule has 2 aliphatic rings. The monoisotopic (exact) mass is 409 g/mol. The molecule has 150 valence electrons. The van der Waals surface area contributed by atoms with Gasteiger partial charge in [0.2, 0.25) is 0 Å². The average molecular weight is 409 g/mol. The van der Waals surface area contributed by atoms with Crippen LogP contribution in [-0.4, -0.2) is 39.1 Å². The number of rotatable bonds is 3. The van der Waals surface area contributed by atoms with Crippen LogP contribution >= 0.6 is 11.8 Å². The molecule has 4 nitrogen and oxygen atoms in total. The molecule has 1 atom stereocenters. The fraction of sp³-hybridized carbons (Fsp3) is 0.450. The molecule has 1 aromatic carbocycles. The van der Waals surface area contributed by atoms with Gasteiger partial charge in [-0.3, -0.25) is 4.68 Å². The maximum atomic E-state index is 13.6. The second kappa shape index (κ2) is 6.84. The maximum Gasteiger partial charge on any atom is 0.431 e. The predicted octanol–water partition coefficient (Wildman–Crippen LogP) is 4.76. The van der Waals surface area contributed by atoms with Crippen LogP contribution in [0.25, 0.3) is 10.9 Å². The SMILES string of the molecule is CC(C)(O)c1cc2nn([C@H]3CCSC3)cc2cc1N1CC=CC=C1C(F)(F)F. The molecule has 0 amide bonds. The second-order valence-corrected chi connectivity index (χ2v) is 8.85. The molecule has 1 N–H and O–H groups in total. The summed E-state index contributed by atoms with van der Waals surface area (Å²) in [6.45, 7) is 3.26. The van der Waals surface area contributed by atoms with Gasteiger partial charge in [0.1, 0.15) is 5.70 Å². The lowest BCUT2D eigenvalue weighted by molar-refractivity contribution is -0.0934. The Morgan fingerprint density at radius 3 is 2.68 bits per heavy atom. The first kappa shape index (κ1) is 19.4. The van der Waals surface area contributed by atoms with Crippen molar-refractivity contribution in [2.24, 2.45) is 0 Å². The Balaban J connectivity index is 1.86. The fourth-order valence-corrected chi connectivity index (χ4v) is 4.90. The summed E-state index contributed by atoms with van der Waals surface area (Å²) in [5.74, 6) is 2.07. The van der Waals surface area contributed by atoms with Crippen LogP contribution in [0.2, 0.25) is 0 Å². The van der Waals surface area contributed by atoms with Crippen molar-refractivity contribution in [3.63, 3.8) is 0 Å². The summed E-state index contributed by atoms with van der Waals surface area (Å²) in [5, 5.41) is 16.1. The van der Waals surface area contributed by atoms with E-state index >= 15 is 0 Å². The van der Waals surface area contributed by atoms with E-state index in [-0.39, 0.29) is 6.54 Å².